The monoisotopic (exact) mass is 325 g/mol. The first-order valence-corrected chi connectivity index (χ1v) is 8.05. The molecule has 2 N–H and O–H groups in total. The fourth-order valence-corrected chi connectivity index (χ4v) is 3.99. The van der Waals surface area contributed by atoms with Crippen molar-refractivity contribution < 1.29 is 9.53 Å². The van der Waals surface area contributed by atoms with E-state index in [0.717, 1.165) is 33.2 Å². The largest absolute Gasteiger partial charge is 0.497 e. The van der Waals surface area contributed by atoms with Gasteiger partial charge in [-0.25, -0.2) is 0 Å². The maximum Gasteiger partial charge on any atom is 0.267 e. The summed E-state index contributed by atoms with van der Waals surface area (Å²) in [7, 11) is 1.63. The smallest absolute Gasteiger partial charge is 0.267 e. The van der Waals surface area contributed by atoms with Crippen LogP contribution in [-0.2, 0) is 9.67 Å². The minimum Gasteiger partial charge on any atom is -0.497 e. The first-order chi connectivity index (χ1) is 11.1. The number of nitrogens with zero attached hydrogens (tertiary/aromatic N) is 1. The van der Waals surface area contributed by atoms with Crippen LogP contribution in [0.4, 0.5) is 5.69 Å². The second kappa shape index (κ2) is 5.03. The van der Waals surface area contributed by atoms with Gasteiger partial charge in [-0.15, -0.1) is 0 Å². The molecule has 2 aromatic rings. The molecule has 5 nitrogen and oxygen atoms in total. The van der Waals surface area contributed by atoms with Gasteiger partial charge in [0.1, 0.15) is 10.8 Å². The third-order valence-corrected chi connectivity index (χ3v) is 5.44. The predicted octanol–water partition coefficient (Wildman–Crippen LogP) is 2.81. The van der Waals surface area contributed by atoms with Crippen molar-refractivity contribution in [2.24, 2.45) is 5.10 Å². The van der Waals surface area contributed by atoms with Gasteiger partial charge in [0.2, 0.25) is 4.87 Å². The number of hydrogen-bond acceptors (Lipinski definition) is 5. The van der Waals surface area contributed by atoms with Crippen LogP contribution < -0.4 is 15.5 Å². The van der Waals surface area contributed by atoms with Crippen LogP contribution in [0, 0.1) is 6.92 Å². The lowest BCUT2D eigenvalue weighted by Crippen LogP contribution is -2.39. The molecule has 1 unspecified atom stereocenters. The van der Waals surface area contributed by atoms with Gasteiger partial charge in [0, 0.05) is 11.1 Å². The fraction of sp³-hybridized carbons (Fsp3) is 0.176. The first kappa shape index (κ1) is 14.1. The number of hydrogen-bond donors (Lipinski definition) is 2. The topological polar surface area (TPSA) is 62.7 Å². The molecule has 0 aliphatic carbocycles. The van der Waals surface area contributed by atoms with Crippen molar-refractivity contribution in [1.29, 1.82) is 0 Å². The third-order valence-electron chi connectivity index (χ3n) is 4.11. The molecular formula is C17H15N3O2S. The van der Waals surface area contributed by atoms with E-state index in [-0.39, 0.29) is 5.91 Å². The van der Waals surface area contributed by atoms with Gasteiger partial charge >= 0.3 is 0 Å². The quantitative estimate of drug-likeness (QED) is 0.891. The number of fused-ring (bicyclic) bond motifs is 2. The van der Waals surface area contributed by atoms with Crippen LogP contribution in [0.15, 0.2) is 47.6 Å². The van der Waals surface area contributed by atoms with Crippen molar-refractivity contribution in [3.05, 3.63) is 59.2 Å². The Labute approximate surface area is 138 Å². The molecule has 0 radical (unpaired) electrons. The molecule has 0 saturated carbocycles. The lowest BCUT2D eigenvalue weighted by atomic mass is 10.1. The van der Waals surface area contributed by atoms with E-state index in [4.69, 9.17) is 4.74 Å². The molecule has 0 fully saturated rings. The summed E-state index contributed by atoms with van der Waals surface area (Å²) < 4.78 is 5.18. The standard InChI is InChI=1S/C17H15N3O2S/c1-10-4-3-5-13-14(10)18-16(21)17(13)20-19-15(23-17)11-6-8-12(22-2)9-7-11/h3-9,20H,1-2H3,(H,18,21). The number of methoxy groups -OCH3 is 1. The van der Waals surface area contributed by atoms with E-state index >= 15 is 0 Å². The Morgan fingerprint density at radius 1 is 1.17 bits per heavy atom. The maximum atomic E-state index is 12.6. The van der Waals surface area contributed by atoms with Crippen molar-refractivity contribution in [3.63, 3.8) is 0 Å². The molecule has 2 aliphatic heterocycles. The lowest BCUT2D eigenvalue weighted by molar-refractivity contribution is -0.118. The van der Waals surface area contributed by atoms with Crippen molar-refractivity contribution >= 4 is 28.4 Å². The van der Waals surface area contributed by atoms with Gasteiger partial charge in [-0.2, -0.15) is 5.10 Å². The van der Waals surface area contributed by atoms with E-state index in [1.54, 1.807) is 7.11 Å². The van der Waals surface area contributed by atoms with Crippen molar-refractivity contribution in [2.45, 2.75) is 11.8 Å². The number of carbonyl (C=O) groups is 1. The van der Waals surface area contributed by atoms with Crippen molar-refractivity contribution in [1.82, 2.24) is 5.43 Å². The van der Waals surface area contributed by atoms with Crippen LogP contribution in [0.5, 0.6) is 5.75 Å². The Kier molecular flexibility index (Phi) is 3.09. The maximum absolute atomic E-state index is 12.6. The number of rotatable bonds is 2. The van der Waals surface area contributed by atoms with Crippen molar-refractivity contribution in [2.75, 3.05) is 12.4 Å². The minimum atomic E-state index is -0.878. The summed E-state index contributed by atoms with van der Waals surface area (Å²) in [5.74, 6) is 0.707. The van der Waals surface area contributed by atoms with Gasteiger partial charge in [0.25, 0.3) is 5.91 Å². The van der Waals surface area contributed by atoms with Gasteiger partial charge in [-0.1, -0.05) is 30.0 Å². The number of para-hydroxylation sites is 1. The molecule has 1 atom stereocenters. The zero-order chi connectivity index (χ0) is 16.0. The van der Waals surface area contributed by atoms with Crippen LogP contribution in [0.1, 0.15) is 16.7 Å². The summed E-state index contributed by atoms with van der Waals surface area (Å²) in [6.07, 6.45) is 0. The van der Waals surface area contributed by atoms with Gasteiger partial charge < -0.3 is 10.1 Å². The van der Waals surface area contributed by atoms with Crippen LogP contribution in [0.25, 0.3) is 0 Å². The molecule has 6 heteroatoms. The first-order valence-electron chi connectivity index (χ1n) is 7.24. The molecule has 0 aromatic heterocycles. The summed E-state index contributed by atoms with van der Waals surface area (Å²) >= 11 is 1.43. The second-order valence-electron chi connectivity index (χ2n) is 5.49. The molecule has 0 saturated heterocycles. The average molecular weight is 325 g/mol. The molecule has 2 heterocycles. The molecule has 2 aromatic carbocycles. The van der Waals surface area contributed by atoms with Crippen LogP contribution in [-0.4, -0.2) is 18.1 Å². The Bertz CT molecular complexity index is 832. The van der Waals surface area contributed by atoms with E-state index in [9.17, 15) is 4.79 Å². The SMILES string of the molecule is COc1ccc(C2=NNC3(S2)C(=O)Nc2c(C)cccc23)cc1. The number of hydrazone groups is 1. The van der Waals surface area contributed by atoms with Gasteiger partial charge in [0.05, 0.1) is 12.8 Å². The highest BCUT2D eigenvalue weighted by atomic mass is 32.2. The number of carbonyl (C=O) groups excluding carboxylic acids is 1. The zero-order valence-electron chi connectivity index (χ0n) is 12.7. The number of aryl methyl sites for hydroxylation is 1. The Hall–Kier alpha value is -2.47. The number of ether oxygens (including phenoxy) is 1. The summed E-state index contributed by atoms with van der Waals surface area (Å²) in [5, 5.41) is 8.17. The molecule has 1 amide bonds. The average Bonchev–Trinajstić information content (AvgIpc) is 3.14. The number of benzene rings is 2. The summed E-state index contributed by atoms with van der Waals surface area (Å²) in [6, 6.07) is 13.6. The summed E-state index contributed by atoms with van der Waals surface area (Å²) in [6.45, 7) is 1.99. The molecule has 116 valence electrons. The van der Waals surface area contributed by atoms with Crippen LogP contribution >= 0.6 is 11.8 Å². The highest BCUT2D eigenvalue weighted by Gasteiger charge is 2.52. The third kappa shape index (κ3) is 2.02. The van der Waals surface area contributed by atoms with E-state index in [2.05, 4.69) is 15.8 Å². The summed E-state index contributed by atoms with van der Waals surface area (Å²) in [4.78, 5) is 11.7. The summed E-state index contributed by atoms with van der Waals surface area (Å²) in [5.41, 5.74) is 6.86. The minimum absolute atomic E-state index is 0.0842. The Morgan fingerprint density at radius 2 is 1.96 bits per heavy atom. The highest BCUT2D eigenvalue weighted by Crippen LogP contribution is 2.48. The second-order valence-corrected chi connectivity index (χ2v) is 6.70. The van der Waals surface area contributed by atoms with E-state index in [1.165, 1.54) is 11.8 Å². The normalized spacial score (nSPS) is 21.7. The molecular weight excluding hydrogens is 310 g/mol. The number of amides is 1. The van der Waals surface area contributed by atoms with E-state index in [0.29, 0.717) is 0 Å². The van der Waals surface area contributed by atoms with Crippen LogP contribution in [0.2, 0.25) is 0 Å². The van der Waals surface area contributed by atoms with Gasteiger partial charge in [0.15, 0.2) is 0 Å². The zero-order valence-corrected chi connectivity index (χ0v) is 13.5. The molecule has 1 spiro atoms. The Balaban J connectivity index is 1.69. The van der Waals surface area contributed by atoms with E-state index in [1.807, 2.05) is 49.4 Å². The highest BCUT2D eigenvalue weighted by molar-refractivity contribution is 8.16. The molecule has 2 aliphatic rings. The molecule has 4 rings (SSSR count). The number of anilines is 1. The molecule has 23 heavy (non-hydrogen) atoms. The fourth-order valence-electron chi connectivity index (χ4n) is 2.84. The Morgan fingerprint density at radius 3 is 2.70 bits per heavy atom. The van der Waals surface area contributed by atoms with E-state index < -0.39 is 4.87 Å². The van der Waals surface area contributed by atoms with Crippen molar-refractivity contribution in [3.8, 4) is 5.75 Å². The predicted molar refractivity (Wildman–Crippen MR) is 91.7 cm³/mol. The lowest BCUT2D eigenvalue weighted by Gasteiger charge is -2.19. The van der Waals surface area contributed by atoms with Gasteiger partial charge in [-0.05, 0) is 36.8 Å². The number of thioether (sulfide) groups is 1. The van der Waals surface area contributed by atoms with Gasteiger partial charge in [-0.3, -0.25) is 10.2 Å². The van der Waals surface area contributed by atoms with Crippen LogP contribution in [0.3, 0.4) is 0 Å². The number of nitrogens with one attached hydrogen (secondary N) is 2. The molecule has 0 bridgehead atoms.